The van der Waals surface area contributed by atoms with Gasteiger partial charge in [-0.25, -0.2) is 0 Å². The molecule has 2 aliphatic carbocycles. The summed E-state index contributed by atoms with van der Waals surface area (Å²) in [4.78, 5) is 0. The molecule has 20 heavy (non-hydrogen) atoms. The summed E-state index contributed by atoms with van der Waals surface area (Å²) >= 11 is 4.76. The summed E-state index contributed by atoms with van der Waals surface area (Å²) in [6.45, 7) is 4.81. The monoisotopic (exact) mass is 314 g/mol. The van der Waals surface area contributed by atoms with Crippen LogP contribution in [0.4, 0.5) is 0 Å². The van der Waals surface area contributed by atoms with Crippen molar-refractivity contribution in [2.24, 2.45) is 5.92 Å². The first kappa shape index (κ1) is 17.1. The fraction of sp³-hybridized carbons (Fsp3) is 1.00. The highest BCUT2D eigenvalue weighted by Gasteiger charge is 2.28. The highest BCUT2D eigenvalue weighted by Crippen LogP contribution is 2.44. The maximum atomic E-state index is 2.41. The molecule has 0 radical (unpaired) electrons. The summed E-state index contributed by atoms with van der Waals surface area (Å²) in [5.41, 5.74) is 0. The van der Waals surface area contributed by atoms with E-state index in [4.69, 9.17) is 0 Å². The van der Waals surface area contributed by atoms with Gasteiger partial charge in [0.1, 0.15) is 0 Å². The van der Waals surface area contributed by atoms with Crippen molar-refractivity contribution in [3.63, 3.8) is 0 Å². The van der Waals surface area contributed by atoms with Crippen molar-refractivity contribution in [1.29, 1.82) is 0 Å². The Morgan fingerprint density at radius 2 is 1.10 bits per heavy atom. The van der Waals surface area contributed by atoms with Gasteiger partial charge in [0.15, 0.2) is 0 Å². The Labute approximate surface area is 135 Å². The topological polar surface area (TPSA) is 0 Å². The lowest BCUT2D eigenvalue weighted by Crippen LogP contribution is -2.22. The summed E-state index contributed by atoms with van der Waals surface area (Å²) in [5, 5.41) is 1.95. The van der Waals surface area contributed by atoms with E-state index in [1.165, 1.54) is 77.0 Å². The Morgan fingerprint density at radius 3 is 1.45 bits per heavy atom. The molecule has 2 heteroatoms. The first-order valence-corrected chi connectivity index (χ1v) is 11.0. The van der Waals surface area contributed by atoms with Crippen molar-refractivity contribution in [3.8, 4) is 0 Å². The molecular formula is C18H34S2. The average molecular weight is 315 g/mol. The zero-order valence-electron chi connectivity index (χ0n) is 13.6. The molecule has 2 saturated carbocycles. The van der Waals surface area contributed by atoms with Crippen molar-refractivity contribution in [3.05, 3.63) is 0 Å². The summed E-state index contributed by atoms with van der Waals surface area (Å²) in [6, 6.07) is 0. The molecule has 0 aromatic carbocycles. The maximum absolute atomic E-state index is 2.41. The number of hydrogen-bond acceptors (Lipinski definition) is 2. The van der Waals surface area contributed by atoms with Crippen molar-refractivity contribution in [2.75, 3.05) is 0 Å². The van der Waals surface area contributed by atoms with Crippen LogP contribution in [0.25, 0.3) is 0 Å². The molecule has 0 amide bonds. The van der Waals surface area contributed by atoms with E-state index in [0.29, 0.717) is 0 Å². The van der Waals surface area contributed by atoms with E-state index in [1.807, 2.05) is 0 Å². The van der Waals surface area contributed by atoms with E-state index in [-0.39, 0.29) is 0 Å². The molecular weight excluding hydrogens is 280 g/mol. The maximum Gasteiger partial charge on any atom is 0.0535 e. The van der Waals surface area contributed by atoms with Gasteiger partial charge in [0.2, 0.25) is 0 Å². The number of thioether (sulfide) groups is 2. The van der Waals surface area contributed by atoms with E-state index >= 15 is 0 Å². The van der Waals surface area contributed by atoms with Gasteiger partial charge in [-0.3, -0.25) is 0 Å². The van der Waals surface area contributed by atoms with Crippen LogP contribution < -0.4 is 0 Å². The van der Waals surface area contributed by atoms with Crippen LogP contribution in [-0.2, 0) is 0 Å². The minimum absolute atomic E-state index is 0.885. The summed E-state index contributed by atoms with van der Waals surface area (Å²) in [6.07, 6.45) is 17.6. The van der Waals surface area contributed by atoms with Gasteiger partial charge < -0.3 is 0 Å². The Kier molecular flexibility index (Phi) is 8.24. The van der Waals surface area contributed by atoms with Gasteiger partial charge in [-0.05, 0) is 31.6 Å². The van der Waals surface area contributed by atoms with Gasteiger partial charge >= 0.3 is 0 Å². The van der Waals surface area contributed by atoms with Crippen LogP contribution in [0.1, 0.15) is 90.9 Å². The van der Waals surface area contributed by atoms with E-state index < -0.39 is 0 Å². The molecule has 0 spiro atoms. The van der Waals surface area contributed by atoms with Gasteiger partial charge in [0.25, 0.3) is 0 Å². The molecule has 118 valence electrons. The molecule has 0 saturated heterocycles. The second-order valence-electron chi connectivity index (χ2n) is 6.74. The smallest absolute Gasteiger partial charge is 0.0535 e. The fourth-order valence-electron chi connectivity index (χ4n) is 3.71. The lowest BCUT2D eigenvalue weighted by Gasteiger charge is -2.34. The SMILES string of the molecule is CCC(CC)C(SC1CCCCC1)SC1CCCCC1. The molecule has 0 atom stereocenters. The van der Waals surface area contributed by atoms with Crippen molar-refractivity contribution < 1.29 is 0 Å². The zero-order valence-corrected chi connectivity index (χ0v) is 15.2. The van der Waals surface area contributed by atoms with Crippen LogP contribution >= 0.6 is 23.5 Å². The van der Waals surface area contributed by atoms with Gasteiger partial charge in [-0.2, -0.15) is 0 Å². The van der Waals surface area contributed by atoms with Gasteiger partial charge in [0, 0.05) is 10.5 Å². The predicted octanol–water partition coefficient (Wildman–Crippen LogP) is 6.88. The standard InChI is InChI=1S/C18H34S2/c1-3-15(4-2)18(19-16-11-7-5-8-12-16)20-17-13-9-6-10-14-17/h15-18H,3-14H2,1-2H3. The second-order valence-corrected chi connectivity index (χ2v) is 9.93. The van der Waals surface area contributed by atoms with Crippen molar-refractivity contribution in [1.82, 2.24) is 0 Å². The molecule has 2 aliphatic rings. The van der Waals surface area contributed by atoms with E-state index in [9.17, 15) is 0 Å². The number of rotatable bonds is 7. The molecule has 2 rings (SSSR count). The first-order valence-electron chi connectivity index (χ1n) is 9.14. The molecule has 0 N–H and O–H groups in total. The van der Waals surface area contributed by atoms with Crippen LogP contribution in [-0.4, -0.2) is 15.1 Å². The average Bonchev–Trinajstić information content (AvgIpc) is 2.50. The summed E-state index contributed by atoms with van der Waals surface area (Å²) in [5.74, 6) is 0.939. The van der Waals surface area contributed by atoms with E-state index in [2.05, 4.69) is 37.4 Å². The fourth-order valence-corrected chi connectivity index (χ4v) is 8.09. The second kappa shape index (κ2) is 9.66. The van der Waals surface area contributed by atoms with Crippen LogP contribution in [0, 0.1) is 5.92 Å². The van der Waals surface area contributed by atoms with Crippen molar-refractivity contribution in [2.45, 2.75) is 106 Å². The largest absolute Gasteiger partial charge is 0.144 e. The van der Waals surface area contributed by atoms with Gasteiger partial charge in [-0.15, -0.1) is 23.5 Å². The predicted molar refractivity (Wildman–Crippen MR) is 96.8 cm³/mol. The van der Waals surface area contributed by atoms with Crippen LogP contribution in [0.2, 0.25) is 0 Å². The summed E-state index contributed by atoms with van der Waals surface area (Å²) in [7, 11) is 0. The molecule has 0 aliphatic heterocycles. The third kappa shape index (κ3) is 5.48. The third-order valence-corrected chi connectivity index (χ3v) is 8.88. The highest BCUT2D eigenvalue weighted by atomic mass is 32.2. The number of hydrogen-bond donors (Lipinski definition) is 0. The molecule has 0 nitrogen and oxygen atoms in total. The third-order valence-electron chi connectivity index (χ3n) is 5.19. The normalized spacial score (nSPS) is 22.8. The molecule has 0 bridgehead atoms. The molecule has 0 aromatic rings. The van der Waals surface area contributed by atoms with Crippen LogP contribution in [0.15, 0.2) is 0 Å². The Bertz CT molecular complexity index is 218. The lowest BCUT2D eigenvalue weighted by molar-refractivity contribution is 0.497. The molecule has 0 unspecified atom stereocenters. The molecule has 0 aromatic heterocycles. The van der Waals surface area contributed by atoms with E-state index in [0.717, 1.165) is 21.0 Å². The molecule has 0 heterocycles. The molecule has 2 fully saturated rings. The van der Waals surface area contributed by atoms with Crippen LogP contribution in [0.3, 0.4) is 0 Å². The summed E-state index contributed by atoms with van der Waals surface area (Å²) < 4.78 is 0.885. The minimum atomic E-state index is 0.885. The minimum Gasteiger partial charge on any atom is -0.144 e. The highest BCUT2D eigenvalue weighted by molar-refractivity contribution is 8.17. The quantitative estimate of drug-likeness (QED) is 0.470. The Morgan fingerprint density at radius 1 is 0.700 bits per heavy atom. The van der Waals surface area contributed by atoms with Gasteiger partial charge in [0.05, 0.1) is 4.58 Å². The Hall–Kier alpha value is 0.700. The zero-order chi connectivity index (χ0) is 14.2. The lowest BCUT2D eigenvalue weighted by atomic mass is 10.0. The van der Waals surface area contributed by atoms with Crippen molar-refractivity contribution >= 4 is 23.5 Å². The van der Waals surface area contributed by atoms with Crippen LogP contribution in [0.5, 0.6) is 0 Å². The van der Waals surface area contributed by atoms with E-state index in [1.54, 1.807) is 0 Å². The van der Waals surface area contributed by atoms with Gasteiger partial charge in [-0.1, -0.05) is 65.2 Å². The first-order chi connectivity index (χ1) is 9.83. The Balaban J connectivity index is 1.88.